The Balaban J connectivity index is 2.29. The molecule has 0 saturated carbocycles. The van der Waals surface area contributed by atoms with Gasteiger partial charge in [0.2, 0.25) is 0 Å². The van der Waals surface area contributed by atoms with Crippen molar-refractivity contribution in [3.05, 3.63) is 18.0 Å². The smallest absolute Gasteiger partial charge is 0.0538 e. The van der Waals surface area contributed by atoms with Crippen LogP contribution in [0.15, 0.2) is 12.4 Å². The molecule has 5 nitrogen and oxygen atoms in total. The molecule has 21 heavy (non-hydrogen) atoms. The van der Waals surface area contributed by atoms with E-state index in [-0.39, 0.29) is 12.1 Å². The molecule has 2 rings (SSSR count). The van der Waals surface area contributed by atoms with Gasteiger partial charge in [-0.05, 0) is 32.9 Å². The van der Waals surface area contributed by atoms with Crippen LogP contribution in [0.4, 0.5) is 0 Å². The van der Waals surface area contributed by atoms with Crippen LogP contribution in [-0.2, 0) is 7.05 Å². The van der Waals surface area contributed by atoms with Crippen LogP contribution in [0.3, 0.4) is 0 Å². The highest BCUT2D eigenvalue weighted by molar-refractivity contribution is 5.14. The molecule has 0 spiro atoms. The average Bonchev–Trinajstić information content (AvgIpc) is 2.80. The molecule has 2 heterocycles. The van der Waals surface area contributed by atoms with E-state index in [1.54, 1.807) is 0 Å². The predicted molar refractivity (Wildman–Crippen MR) is 87.1 cm³/mol. The highest BCUT2D eigenvalue weighted by atomic mass is 15.3. The number of nitrogens with zero attached hydrogens (tertiary/aromatic N) is 4. The summed E-state index contributed by atoms with van der Waals surface area (Å²) in [6.45, 7) is 7.89. The van der Waals surface area contributed by atoms with Crippen LogP contribution in [0, 0.1) is 0 Å². The lowest BCUT2D eigenvalue weighted by Crippen LogP contribution is -2.48. The zero-order valence-corrected chi connectivity index (χ0v) is 14.0. The summed E-state index contributed by atoms with van der Waals surface area (Å²) in [7, 11) is 4.20. The maximum Gasteiger partial charge on any atom is 0.0538 e. The molecule has 0 bridgehead atoms. The lowest BCUT2D eigenvalue weighted by Gasteiger charge is -2.39. The van der Waals surface area contributed by atoms with Crippen molar-refractivity contribution in [3.63, 3.8) is 0 Å². The molecule has 0 aromatic carbocycles. The van der Waals surface area contributed by atoms with Crippen molar-refractivity contribution in [2.45, 2.75) is 51.2 Å². The second kappa shape index (κ2) is 7.38. The number of aryl methyl sites for hydroxylation is 1. The summed E-state index contributed by atoms with van der Waals surface area (Å²) in [6.07, 6.45) is 7.48. The molecule has 1 saturated heterocycles. The first-order valence-corrected chi connectivity index (χ1v) is 8.25. The third-order valence-electron chi connectivity index (χ3n) is 4.72. The molecule has 5 heteroatoms. The molecule has 0 radical (unpaired) electrons. The molecule has 2 N–H and O–H groups in total. The Morgan fingerprint density at radius 1 is 1.33 bits per heavy atom. The fourth-order valence-corrected chi connectivity index (χ4v) is 3.49. The van der Waals surface area contributed by atoms with Gasteiger partial charge in [0.15, 0.2) is 0 Å². The molecule has 1 fully saturated rings. The number of hydrogen-bond donors (Lipinski definition) is 1. The molecule has 1 aliphatic heterocycles. The van der Waals surface area contributed by atoms with Crippen molar-refractivity contribution in [3.8, 4) is 0 Å². The van der Waals surface area contributed by atoms with Gasteiger partial charge in [-0.15, -0.1) is 0 Å². The quantitative estimate of drug-likeness (QED) is 0.896. The molecule has 0 amide bonds. The van der Waals surface area contributed by atoms with E-state index in [1.807, 2.05) is 17.9 Å². The third-order valence-corrected chi connectivity index (χ3v) is 4.72. The summed E-state index contributed by atoms with van der Waals surface area (Å²) in [6, 6.07) is 1.01. The normalized spacial score (nSPS) is 24.7. The van der Waals surface area contributed by atoms with Crippen LogP contribution in [0.25, 0.3) is 0 Å². The van der Waals surface area contributed by atoms with Crippen molar-refractivity contribution in [1.29, 1.82) is 0 Å². The Labute approximate surface area is 129 Å². The van der Waals surface area contributed by atoms with Gasteiger partial charge in [-0.25, -0.2) is 0 Å². The van der Waals surface area contributed by atoms with E-state index in [2.05, 4.69) is 42.0 Å². The van der Waals surface area contributed by atoms with Crippen LogP contribution in [0.5, 0.6) is 0 Å². The Morgan fingerprint density at radius 2 is 2.10 bits per heavy atom. The first kappa shape index (κ1) is 16.5. The molecule has 1 aromatic rings. The fourth-order valence-electron chi connectivity index (χ4n) is 3.49. The molecule has 1 aliphatic rings. The maximum absolute atomic E-state index is 6.50. The number of aromatic nitrogens is 2. The highest BCUT2D eigenvalue weighted by Gasteiger charge is 2.32. The van der Waals surface area contributed by atoms with E-state index in [9.17, 15) is 0 Å². The SMILES string of the molecule is CCC(N)C(c1cnn(C)c1)N1CCCN(C)CC1CC. The second-order valence-electron chi connectivity index (χ2n) is 6.38. The summed E-state index contributed by atoms with van der Waals surface area (Å²) < 4.78 is 1.88. The van der Waals surface area contributed by atoms with Crippen molar-refractivity contribution < 1.29 is 0 Å². The van der Waals surface area contributed by atoms with E-state index < -0.39 is 0 Å². The molecular formula is C16H31N5. The van der Waals surface area contributed by atoms with E-state index in [0.29, 0.717) is 6.04 Å². The Kier molecular flexibility index (Phi) is 5.79. The first-order valence-electron chi connectivity index (χ1n) is 8.25. The van der Waals surface area contributed by atoms with E-state index in [1.165, 1.54) is 18.5 Å². The number of likely N-dealkylation sites (N-methyl/N-ethyl adjacent to an activating group) is 1. The Bertz CT molecular complexity index is 430. The summed E-state index contributed by atoms with van der Waals surface area (Å²) in [4.78, 5) is 5.08. The van der Waals surface area contributed by atoms with Gasteiger partial charge in [-0.3, -0.25) is 9.58 Å². The standard InChI is InChI=1S/C16H31N5/c1-5-14-12-19(3)8-7-9-21(14)16(15(17)6-2)13-10-18-20(4)11-13/h10-11,14-16H,5-9,12,17H2,1-4H3. The van der Waals surface area contributed by atoms with Gasteiger partial charge in [0.25, 0.3) is 0 Å². The fraction of sp³-hybridized carbons (Fsp3) is 0.812. The molecule has 1 aromatic heterocycles. The minimum absolute atomic E-state index is 0.159. The first-order chi connectivity index (χ1) is 10.1. The van der Waals surface area contributed by atoms with Crippen molar-refractivity contribution in [2.75, 3.05) is 26.7 Å². The van der Waals surface area contributed by atoms with Gasteiger partial charge in [-0.2, -0.15) is 5.10 Å². The number of nitrogens with two attached hydrogens (primary N) is 1. The Morgan fingerprint density at radius 3 is 2.67 bits per heavy atom. The van der Waals surface area contributed by atoms with Crippen LogP contribution >= 0.6 is 0 Å². The van der Waals surface area contributed by atoms with Gasteiger partial charge in [0.1, 0.15) is 0 Å². The zero-order chi connectivity index (χ0) is 15.4. The number of hydrogen-bond acceptors (Lipinski definition) is 4. The molecule has 120 valence electrons. The summed E-state index contributed by atoms with van der Waals surface area (Å²) in [5.74, 6) is 0. The van der Waals surface area contributed by atoms with Gasteiger partial charge in [-0.1, -0.05) is 13.8 Å². The van der Waals surface area contributed by atoms with Crippen LogP contribution in [0.2, 0.25) is 0 Å². The third kappa shape index (κ3) is 3.84. The predicted octanol–water partition coefficient (Wildman–Crippen LogP) is 1.61. The largest absolute Gasteiger partial charge is 0.326 e. The van der Waals surface area contributed by atoms with Crippen LogP contribution in [0.1, 0.15) is 44.7 Å². The van der Waals surface area contributed by atoms with Crippen molar-refractivity contribution in [2.24, 2.45) is 12.8 Å². The Hall–Kier alpha value is -0.910. The zero-order valence-electron chi connectivity index (χ0n) is 14.0. The van der Waals surface area contributed by atoms with Crippen LogP contribution < -0.4 is 5.73 Å². The van der Waals surface area contributed by atoms with E-state index >= 15 is 0 Å². The van der Waals surface area contributed by atoms with Gasteiger partial charge in [0.05, 0.1) is 12.2 Å². The molecule has 0 aliphatic carbocycles. The number of rotatable bonds is 5. The lowest BCUT2D eigenvalue weighted by atomic mass is 9.96. The van der Waals surface area contributed by atoms with Gasteiger partial charge in [0, 0.05) is 44.0 Å². The second-order valence-corrected chi connectivity index (χ2v) is 6.38. The lowest BCUT2D eigenvalue weighted by molar-refractivity contribution is 0.108. The van der Waals surface area contributed by atoms with E-state index in [0.717, 1.165) is 25.9 Å². The minimum Gasteiger partial charge on any atom is -0.326 e. The van der Waals surface area contributed by atoms with E-state index in [4.69, 9.17) is 5.73 Å². The molecular weight excluding hydrogens is 262 g/mol. The monoisotopic (exact) mass is 293 g/mol. The summed E-state index contributed by atoms with van der Waals surface area (Å²) >= 11 is 0. The topological polar surface area (TPSA) is 50.3 Å². The maximum atomic E-state index is 6.50. The van der Waals surface area contributed by atoms with Crippen molar-refractivity contribution in [1.82, 2.24) is 19.6 Å². The summed E-state index contributed by atoms with van der Waals surface area (Å²) in [5.41, 5.74) is 7.76. The van der Waals surface area contributed by atoms with Gasteiger partial charge < -0.3 is 10.6 Å². The van der Waals surface area contributed by atoms with Crippen LogP contribution in [-0.4, -0.2) is 58.3 Å². The van der Waals surface area contributed by atoms with Gasteiger partial charge >= 0.3 is 0 Å². The minimum atomic E-state index is 0.159. The average molecular weight is 293 g/mol. The highest BCUT2D eigenvalue weighted by Crippen LogP contribution is 2.29. The van der Waals surface area contributed by atoms with Crippen molar-refractivity contribution >= 4 is 0 Å². The molecule has 3 unspecified atom stereocenters. The summed E-state index contributed by atoms with van der Waals surface area (Å²) in [5, 5.41) is 4.36. The molecule has 3 atom stereocenters.